The summed E-state index contributed by atoms with van der Waals surface area (Å²) in [5.74, 6) is -6.96. The van der Waals surface area contributed by atoms with Crippen LogP contribution in [0.5, 0.6) is 5.75 Å². The van der Waals surface area contributed by atoms with Crippen molar-refractivity contribution in [1.82, 2.24) is 10.2 Å². The summed E-state index contributed by atoms with van der Waals surface area (Å²) in [6.07, 6.45) is 2.46. The van der Waals surface area contributed by atoms with Crippen molar-refractivity contribution in [3.63, 3.8) is 0 Å². The van der Waals surface area contributed by atoms with Gasteiger partial charge in [-0.1, -0.05) is 6.07 Å². The monoisotopic (exact) mass is 612 g/mol. The van der Waals surface area contributed by atoms with E-state index in [1.54, 1.807) is 20.2 Å². The van der Waals surface area contributed by atoms with Gasteiger partial charge in [0.1, 0.15) is 22.8 Å². The first-order valence-electron chi connectivity index (χ1n) is 12.9. The van der Waals surface area contributed by atoms with Crippen LogP contribution in [0.25, 0.3) is 5.76 Å². The van der Waals surface area contributed by atoms with Crippen LogP contribution in [0.2, 0.25) is 0 Å². The number of primary amides is 1. The Hall–Kier alpha value is -3.16. The zero-order valence-electron chi connectivity index (χ0n) is 22.5. The largest absolute Gasteiger partial charge is 0.508 e. The SMILES string of the molecule is CN(C)[C@@H]1C(=O)C(C(N)=O)=C(O)C2(O)C(=O)C3=C(O)c4c(ccc(NC(=O)CNCC5CC5)c4O)CC3CC12.Cl.Cl. The highest BCUT2D eigenvalue weighted by atomic mass is 35.5. The highest BCUT2D eigenvalue weighted by molar-refractivity contribution is 6.24. The van der Waals surface area contributed by atoms with Gasteiger partial charge in [0, 0.05) is 11.5 Å². The highest BCUT2D eigenvalue weighted by Gasteiger charge is 2.64. The van der Waals surface area contributed by atoms with E-state index in [4.69, 9.17) is 5.73 Å². The molecule has 2 fully saturated rings. The molecule has 5 rings (SSSR count). The summed E-state index contributed by atoms with van der Waals surface area (Å²) in [6, 6.07) is 1.99. The molecule has 0 saturated heterocycles. The van der Waals surface area contributed by atoms with Gasteiger partial charge in [-0.15, -0.1) is 24.8 Å². The summed E-state index contributed by atoms with van der Waals surface area (Å²) >= 11 is 0. The second kappa shape index (κ2) is 11.6. The number of aliphatic hydroxyl groups excluding tert-OH is 2. The zero-order valence-corrected chi connectivity index (χ0v) is 24.1. The van der Waals surface area contributed by atoms with Crippen LogP contribution in [0.4, 0.5) is 5.69 Å². The number of carbonyl (C=O) groups excluding carboxylic acids is 4. The number of aromatic hydroxyl groups is 1. The van der Waals surface area contributed by atoms with E-state index in [-0.39, 0.29) is 61.0 Å². The van der Waals surface area contributed by atoms with Crippen molar-refractivity contribution < 1.29 is 39.6 Å². The molecule has 0 bridgehead atoms. The van der Waals surface area contributed by atoms with Crippen molar-refractivity contribution in [1.29, 1.82) is 0 Å². The molecule has 2 amide bonds. The average molecular weight is 613 g/mol. The van der Waals surface area contributed by atoms with Crippen LogP contribution in [0.1, 0.15) is 30.4 Å². The normalized spacial score (nSPS) is 26.9. The fraction of sp³-hybridized carbons (Fsp3) is 0.481. The van der Waals surface area contributed by atoms with E-state index >= 15 is 0 Å². The molecule has 3 unspecified atom stereocenters. The molecule has 14 heteroatoms. The highest BCUT2D eigenvalue weighted by Crippen LogP contribution is 2.53. The molecule has 4 aliphatic carbocycles. The van der Waals surface area contributed by atoms with Gasteiger partial charge in [0.25, 0.3) is 5.91 Å². The van der Waals surface area contributed by atoms with Crippen LogP contribution in [0.15, 0.2) is 29.0 Å². The number of anilines is 1. The predicted octanol–water partition coefficient (Wildman–Crippen LogP) is 0.746. The first kappa shape index (κ1) is 32.4. The van der Waals surface area contributed by atoms with Gasteiger partial charge in [0.2, 0.25) is 11.7 Å². The van der Waals surface area contributed by atoms with Crippen molar-refractivity contribution in [2.75, 3.05) is 32.5 Å². The lowest BCUT2D eigenvalue weighted by atomic mass is 9.57. The lowest BCUT2D eigenvalue weighted by Crippen LogP contribution is -2.65. The summed E-state index contributed by atoms with van der Waals surface area (Å²) in [4.78, 5) is 52.8. The molecule has 4 aliphatic rings. The van der Waals surface area contributed by atoms with Gasteiger partial charge >= 0.3 is 0 Å². The molecule has 41 heavy (non-hydrogen) atoms. The molecule has 1 aromatic carbocycles. The molecule has 0 radical (unpaired) electrons. The Morgan fingerprint density at radius 3 is 2.37 bits per heavy atom. The maximum Gasteiger partial charge on any atom is 0.255 e. The number of benzene rings is 1. The molecule has 1 aromatic rings. The molecule has 2 saturated carbocycles. The number of phenolic OH excluding ortho intramolecular Hbond substituents is 1. The molecule has 224 valence electrons. The first-order valence-corrected chi connectivity index (χ1v) is 12.9. The molecule has 12 nitrogen and oxygen atoms in total. The number of nitrogens with zero attached hydrogens (tertiary/aromatic N) is 1. The molecular weight excluding hydrogens is 579 g/mol. The third-order valence-electron chi connectivity index (χ3n) is 8.28. The lowest BCUT2D eigenvalue weighted by molar-refractivity contribution is -0.153. The summed E-state index contributed by atoms with van der Waals surface area (Å²) in [5, 5.41) is 50.4. The second-order valence-corrected chi connectivity index (χ2v) is 11.1. The number of likely N-dealkylation sites (N-methyl/N-ethyl adjacent to an activating group) is 1. The number of nitrogens with two attached hydrogens (primary N) is 1. The van der Waals surface area contributed by atoms with Crippen LogP contribution in [-0.2, 0) is 25.6 Å². The minimum absolute atomic E-state index is 0. The van der Waals surface area contributed by atoms with E-state index in [0.717, 1.165) is 19.4 Å². The molecule has 0 aliphatic heterocycles. The summed E-state index contributed by atoms with van der Waals surface area (Å²) in [6.45, 7) is 0.761. The van der Waals surface area contributed by atoms with Crippen molar-refractivity contribution in [3.05, 3.63) is 40.2 Å². The Bertz CT molecular complexity index is 1370. The number of aliphatic hydroxyl groups is 3. The smallest absolute Gasteiger partial charge is 0.255 e. The predicted molar refractivity (Wildman–Crippen MR) is 153 cm³/mol. The van der Waals surface area contributed by atoms with Crippen LogP contribution in [0.3, 0.4) is 0 Å². The number of hydrogen-bond acceptors (Lipinski definition) is 10. The third kappa shape index (κ3) is 5.19. The van der Waals surface area contributed by atoms with E-state index in [9.17, 15) is 39.6 Å². The molecule has 0 aromatic heterocycles. The summed E-state index contributed by atoms with van der Waals surface area (Å²) in [5.41, 5.74) is 1.99. The number of halogens is 2. The van der Waals surface area contributed by atoms with Crippen molar-refractivity contribution in [3.8, 4) is 5.75 Å². The van der Waals surface area contributed by atoms with Gasteiger partial charge in [0.15, 0.2) is 11.4 Å². The minimum Gasteiger partial charge on any atom is -0.508 e. The first-order chi connectivity index (χ1) is 18.4. The van der Waals surface area contributed by atoms with E-state index in [0.29, 0.717) is 11.5 Å². The number of fused-ring (bicyclic) bond motifs is 3. The Kier molecular flexibility index (Phi) is 9.16. The Morgan fingerprint density at radius 1 is 1.12 bits per heavy atom. The molecule has 0 heterocycles. The van der Waals surface area contributed by atoms with Gasteiger partial charge in [0.05, 0.1) is 23.8 Å². The van der Waals surface area contributed by atoms with Gasteiger partial charge in [-0.05, 0) is 69.8 Å². The molecule has 0 spiro atoms. The van der Waals surface area contributed by atoms with Gasteiger partial charge < -0.3 is 36.8 Å². The number of phenols is 1. The van der Waals surface area contributed by atoms with Crippen LogP contribution < -0.4 is 16.4 Å². The lowest BCUT2D eigenvalue weighted by Gasteiger charge is -2.50. The maximum absolute atomic E-state index is 13.8. The average Bonchev–Trinajstić information content (AvgIpc) is 3.67. The minimum atomic E-state index is -2.70. The molecular formula is C27H34Cl2N4O8. The second-order valence-electron chi connectivity index (χ2n) is 11.1. The number of nitrogens with one attached hydrogen (secondary N) is 2. The van der Waals surface area contributed by atoms with Crippen LogP contribution in [0, 0.1) is 17.8 Å². The standard InChI is InChI=1S/C27H32N4O8.2ClH/c1-31(2)20-14-8-13-7-12-5-6-15(30-16(32)10-29-9-11-3-4-11)21(33)17(12)22(34)18(13)24(36)27(14,39)25(37)19(23(20)35)26(28)38;;/h5-6,11,13-14,20,29,33-34,37,39H,3-4,7-10H2,1-2H3,(H2,28,38)(H,30,32);2*1H/t13?,14?,20-,27?;;/m0../s1. The van der Waals surface area contributed by atoms with Gasteiger partial charge in [-0.3, -0.25) is 24.1 Å². The van der Waals surface area contributed by atoms with Crippen molar-refractivity contribution in [2.24, 2.45) is 23.5 Å². The number of ketones is 2. The van der Waals surface area contributed by atoms with Crippen LogP contribution in [-0.4, -0.2) is 87.5 Å². The van der Waals surface area contributed by atoms with Gasteiger partial charge in [-0.25, -0.2) is 0 Å². The summed E-state index contributed by atoms with van der Waals surface area (Å²) < 4.78 is 0. The van der Waals surface area contributed by atoms with Crippen molar-refractivity contribution in [2.45, 2.75) is 37.3 Å². The van der Waals surface area contributed by atoms with E-state index in [2.05, 4.69) is 10.6 Å². The van der Waals surface area contributed by atoms with E-state index < -0.39 is 69.7 Å². The fourth-order valence-corrected chi connectivity index (χ4v) is 6.23. The summed E-state index contributed by atoms with van der Waals surface area (Å²) in [7, 11) is 3.09. The number of amides is 2. The number of rotatable bonds is 7. The Morgan fingerprint density at radius 2 is 1.78 bits per heavy atom. The number of hydrogen-bond donors (Lipinski definition) is 7. The Labute approximate surface area is 248 Å². The van der Waals surface area contributed by atoms with Gasteiger partial charge in [-0.2, -0.15) is 0 Å². The molecule has 4 atom stereocenters. The fourth-order valence-electron chi connectivity index (χ4n) is 6.23. The molecule has 8 N–H and O–H groups in total. The van der Waals surface area contributed by atoms with Crippen LogP contribution >= 0.6 is 24.8 Å². The topological polar surface area (TPSA) is 203 Å². The maximum atomic E-state index is 13.8. The quantitative estimate of drug-likeness (QED) is 0.170. The van der Waals surface area contributed by atoms with E-state index in [1.165, 1.54) is 11.0 Å². The third-order valence-corrected chi connectivity index (χ3v) is 8.28. The zero-order chi connectivity index (χ0) is 28.4. The van der Waals surface area contributed by atoms with Crippen molar-refractivity contribution >= 4 is 59.6 Å². The number of carbonyl (C=O) groups is 4. The van der Waals surface area contributed by atoms with E-state index in [1.807, 2.05) is 0 Å². The number of Topliss-reactive ketones (excluding diaryl/α,β-unsaturated/α-hetero) is 2. The Balaban J connectivity index is 0.00000231.